The number of anilines is 1. The number of aromatic nitrogens is 2. The minimum atomic E-state index is -0.467. The zero-order valence-electron chi connectivity index (χ0n) is 12.2. The summed E-state index contributed by atoms with van der Waals surface area (Å²) in [5.41, 5.74) is 0.544. The van der Waals surface area contributed by atoms with E-state index in [2.05, 4.69) is 27.4 Å². The van der Waals surface area contributed by atoms with Gasteiger partial charge >= 0.3 is 5.97 Å². The van der Waals surface area contributed by atoms with Crippen LogP contribution in [0.25, 0.3) is 0 Å². The van der Waals surface area contributed by atoms with Crippen LogP contribution in [0.2, 0.25) is 0 Å². The fourth-order valence-electron chi connectivity index (χ4n) is 2.09. The van der Waals surface area contributed by atoms with Crippen molar-refractivity contribution in [3.05, 3.63) is 30.2 Å². The van der Waals surface area contributed by atoms with Crippen molar-refractivity contribution in [1.29, 1.82) is 0 Å². The van der Waals surface area contributed by atoms with Crippen LogP contribution in [-0.4, -0.2) is 28.1 Å². The molecule has 0 amide bonds. The van der Waals surface area contributed by atoms with Crippen molar-refractivity contribution in [1.82, 2.24) is 9.97 Å². The quantitative estimate of drug-likeness (QED) is 0.676. The van der Waals surface area contributed by atoms with Gasteiger partial charge in [0.15, 0.2) is 0 Å². The van der Waals surface area contributed by atoms with Crippen molar-refractivity contribution in [2.75, 3.05) is 11.9 Å². The molecule has 0 aliphatic heterocycles. The number of ether oxygens (including phenoxy) is 1. The smallest absolute Gasteiger partial charge is 0.325 e. The summed E-state index contributed by atoms with van der Waals surface area (Å²) in [6.45, 7) is 5.65. The largest absolute Gasteiger partial charge is 0.459 e. The van der Waals surface area contributed by atoms with Crippen molar-refractivity contribution in [3.63, 3.8) is 0 Å². The van der Waals surface area contributed by atoms with E-state index in [1.54, 1.807) is 0 Å². The van der Waals surface area contributed by atoms with Crippen LogP contribution in [-0.2, 0) is 9.53 Å². The van der Waals surface area contributed by atoms with Crippen LogP contribution in [0.5, 0.6) is 0 Å². The Balaban J connectivity index is 1.90. The number of hydrogen-bond donors (Lipinski definition) is 1. The molecule has 5 nitrogen and oxygen atoms in total. The summed E-state index contributed by atoms with van der Waals surface area (Å²) in [4.78, 5) is 20.1. The summed E-state index contributed by atoms with van der Waals surface area (Å²) in [7, 11) is 0. The van der Waals surface area contributed by atoms with Crippen molar-refractivity contribution in [2.24, 2.45) is 0 Å². The molecule has 0 radical (unpaired) electrons. The number of esters is 1. The lowest BCUT2D eigenvalue weighted by atomic mass is 10.0. The van der Waals surface area contributed by atoms with E-state index >= 15 is 0 Å². The van der Waals surface area contributed by atoms with Crippen LogP contribution >= 0.6 is 0 Å². The molecule has 0 saturated carbocycles. The predicted octanol–water partition coefficient (Wildman–Crippen LogP) is 2.66. The zero-order valence-corrected chi connectivity index (χ0v) is 12.2. The Labute approximate surface area is 119 Å². The lowest BCUT2D eigenvalue weighted by Gasteiger charge is -2.19. The van der Waals surface area contributed by atoms with Crippen LogP contribution < -0.4 is 5.32 Å². The molecule has 0 spiro atoms. The SMILES string of the molecule is CC(C)(C)OC(=O)CNc1cc(C2CC=CC2)ncn1. The van der Waals surface area contributed by atoms with Gasteiger partial charge in [-0.1, -0.05) is 12.2 Å². The number of nitrogens with one attached hydrogen (secondary N) is 1. The molecule has 1 aromatic rings. The van der Waals surface area contributed by atoms with Gasteiger partial charge in [-0.15, -0.1) is 0 Å². The van der Waals surface area contributed by atoms with Crippen LogP contribution in [0.3, 0.4) is 0 Å². The predicted molar refractivity (Wildman–Crippen MR) is 77.5 cm³/mol. The summed E-state index contributed by atoms with van der Waals surface area (Å²) in [5, 5.41) is 2.98. The highest BCUT2D eigenvalue weighted by molar-refractivity contribution is 5.74. The fraction of sp³-hybridized carbons (Fsp3) is 0.533. The first-order valence-electron chi connectivity index (χ1n) is 6.87. The van der Waals surface area contributed by atoms with Gasteiger partial charge in [0.1, 0.15) is 24.3 Å². The Morgan fingerprint density at radius 1 is 1.35 bits per heavy atom. The summed E-state index contributed by atoms with van der Waals surface area (Å²) in [5.74, 6) is 0.799. The van der Waals surface area contributed by atoms with Crippen molar-refractivity contribution in [2.45, 2.75) is 45.1 Å². The molecule has 0 fully saturated rings. The molecule has 20 heavy (non-hydrogen) atoms. The third kappa shape index (κ3) is 4.33. The van der Waals surface area contributed by atoms with Gasteiger partial charge in [0.05, 0.1) is 0 Å². The second kappa shape index (κ2) is 6.03. The molecule has 5 heteroatoms. The van der Waals surface area contributed by atoms with Crippen LogP contribution in [0.4, 0.5) is 5.82 Å². The number of hydrogen-bond acceptors (Lipinski definition) is 5. The summed E-state index contributed by atoms with van der Waals surface area (Å²) in [6.07, 6.45) is 7.90. The second-order valence-electron chi connectivity index (χ2n) is 5.91. The number of carbonyl (C=O) groups is 1. The maximum atomic E-state index is 11.6. The van der Waals surface area contributed by atoms with Gasteiger partial charge in [0.25, 0.3) is 0 Å². The van der Waals surface area contributed by atoms with E-state index in [0.29, 0.717) is 11.7 Å². The van der Waals surface area contributed by atoms with Gasteiger partial charge in [-0.3, -0.25) is 4.79 Å². The number of allylic oxidation sites excluding steroid dienone is 2. The molecule has 1 aliphatic carbocycles. The first-order valence-corrected chi connectivity index (χ1v) is 6.87. The standard InChI is InChI=1S/C15H21N3O2/c1-15(2,3)20-14(19)9-16-13-8-12(17-10-18-13)11-6-4-5-7-11/h4-5,8,10-11H,6-7,9H2,1-3H3,(H,16,17,18). The maximum absolute atomic E-state index is 11.6. The monoisotopic (exact) mass is 275 g/mol. The highest BCUT2D eigenvalue weighted by atomic mass is 16.6. The highest BCUT2D eigenvalue weighted by Crippen LogP contribution is 2.28. The summed E-state index contributed by atoms with van der Waals surface area (Å²) < 4.78 is 5.23. The molecular weight excluding hydrogens is 254 g/mol. The van der Waals surface area contributed by atoms with Gasteiger partial charge in [0.2, 0.25) is 0 Å². The van der Waals surface area contributed by atoms with E-state index in [4.69, 9.17) is 4.74 Å². The Kier molecular flexibility index (Phi) is 4.37. The van der Waals surface area contributed by atoms with Crippen LogP contribution in [0.1, 0.15) is 45.2 Å². The Morgan fingerprint density at radius 2 is 2.05 bits per heavy atom. The summed E-state index contributed by atoms with van der Waals surface area (Å²) >= 11 is 0. The molecular formula is C15H21N3O2. The van der Waals surface area contributed by atoms with E-state index in [-0.39, 0.29) is 12.5 Å². The topological polar surface area (TPSA) is 64.1 Å². The van der Waals surface area contributed by atoms with Gasteiger partial charge in [-0.05, 0) is 33.6 Å². The molecule has 0 saturated heterocycles. The average Bonchev–Trinajstić information content (AvgIpc) is 2.88. The van der Waals surface area contributed by atoms with Crippen molar-refractivity contribution >= 4 is 11.8 Å². The molecule has 1 heterocycles. The molecule has 0 aromatic carbocycles. The molecule has 1 aromatic heterocycles. The van der Waals surface area contributed by atoms with Gasteiger partial charge in [0, 0.05) is 17.7 Å². The molecule has 0 bridgehead atoms. The molecule has 2 rings (SSSR count). The first kappa shape index (κ1) is 14.5. The minimum absolute atomic E-state index is 0.108. The van der Waals surface area contributed by atoms with Crippen molar-refractivity contribution in [3.8, 4) is 0 Å². The normalized spacial score (nSPS) is 15.3. The summed E-state index contributed by atoms with van der Waals surface area (Å²) in [6, 6.07) is 1.90. The minimum Gasteiger partial charge on any atom is -0.459 e. The third-order valence-corrected chi connectivity index (χ3v) is 2.95. The Bertz CT molecular complexity index is 498. The molecule has 108 valence electrons. The van der Waals surface area contributed by atoms with E-state index in [1.807, 2.05) is 26.8 Å². The van der Waals surface area contributed by atoms with E-state index in [0.717, 1.165) is 18.5 Å². The van der Waals surface area contributed by atoms with Crippen LogP contribution in [0, 0.1) is 0 Å². The second-order valence-corrected chi connectivity index (χ2v) is 5.91. The Morgan fingerprint density at radius 3 is 2.70 bits per heavy atom. The molecule has 1 aliphatic rings. The average molecular weight is 275 g/mol. The molecule has 1 N–H and O–H groups in total. The third-order valence-electron chi connectivity index (χ3n) is 2.95. The number of carbonyl (C=O) groups excluding carboxylic acids is 1. The zero-order chi connectivity index (χ0) is 14.6. The highest BCUT2D eigenvalue weighted by Gasteiger charge is 2.17. The van der Waals surface area contributed by atoms with Gasteiger partial charge in [-0.25, -0.2) is 9.97 Å². The first-order chi connectivity index (χ1) is 9.44. The fourth-order valence-corrected chi connectivity index (χ4v) is 2.09. The lowest BCUT2D eigenvalue weighted by Crippen LogP contribution is -2.28. The van der Waals surface area contributed by atoms with Gasteiger partial charge in [-0.2, -0.15) is 0 Å². The lowest BCUT2D eigenvalue weighted by molar-refractivity contribution is -0.152. The van der Waals surface area contributed by atoms with E-state index in [1.165, 1.54) is 6.33 Å². The maximum Gasteiger partial charge on any atom is 0.325 e. The Hall–Kier alpha value is -1.91. The number of nitrogens with zero attached hydrogens (tertiary/aromatic N) is 2. The van der Waals surface area contributed by atoms with Gasteiger partial charge < -0.3 is 10.1 Å². The number of rotatable bonds is 4. The van der Waals surface area contributed by atoms with E-state index in [9.17, 15) is 4.79 Å². The van der Waals surface area contributed by atoms with Crippen molar-refractivity contribution < 1.29 is 9.53 Å². The molecule has 0 unspecified atom stereocenters. The van der Waals surface area contributed by atoms with E-state index < -0.39 is 5.60 Å². The van der Waals surface area contributed by atoms with Crippen LogP contribution in [0.15, 0.2) is 24.5 Å². The molecule has 0 atom stereocenters.